The first-order chi connectivity index (χ1) is 5.79. The third kappa shape index (κ3) is 4.73. The summed E-state index contributed by atoms with van der Waals surface area (Å²) < 4.78 is 0. The fourth-order valence-electron chi connectivity index (χ4n) is 0.883. The second-order valence-corrected chi connectivity index (χ2v) is 2.63. The van der Waals surface area contributed by atoms with Gasteiger partial charge in [-0.05, 0) is 19.4 Å². The molecule has 0 aliphatic heterocycles. The molecule has 0 saturated heterocycles. The molecule has 1 aromatic rings. The Morgan fingerprint density at radius 1 is 1.00 bits per heavy atom. The second kappa shape index (κ2) is 6.66. The Morgan fingerprint density at radius 3 is 1.92 bits per heavy atom. The van der Waals surface area contributed by atoms with Gasteiger partial charge in [0.05, 0.1) is 0 Å². The van der Waals surface area contributed by atoms with Gasteiger partial charge in [0.15, 0.2) is 0 Å². The molecule has 0 bridgehead atoms. The fourth-order valence-corrected chi connectivity index (χ4v) is 0.883. The first-order valence-electron chi connectivity index (χ1n) is 4.49. The van der Waals surface area contributed by atoms with E-state index in [9.17, 15) is 0 Å². The first-order valence-corrected chi connectivity index (χ1v) is 4.49. The van der Waals surface area contributed by atoms with Crippen LogP contribution in [0.3, 0.4) is 0 Å². The summed E-state index contributed by atoms with van der Waals surface area (Å²) in [6, 6.07) is 10.3. The van der Waals surface area contributed by atoms with Gasteiger partial charge in [-0.15, -0.1) is 0 Å². The molecule has 0 atom stereocenters. The summed E-state index contributed by atoms with van der Waals surface area (Å²) in [6.45, 7) is 8.21. The molecule has 0 nitrogen and oxygen atoms in total. The molecule has 66 valence electrons. The number of benzene rings is 1. The van der Waals surface area contributed by atoms with Crippen molar-refractivity contribution < 1.29 is 0 Å². The molecule has 0 aliphatic carbocycles. The second-order valence-electron chi connectivity index (χ2n) is 2.63. The molecule has 0 aromatic heterocycles. The van der Waals surface area contributed by atoms with Crippen molar-refractivity contribution in [1.29, 1.82) is 0 Å². The Bertz CT molecular complexity index is 215. The lowest BCUT2D eigenvalue weighted by molar-refractivity contribution is 1.42. The summed E-state index contributed by atoms with van der Waals surface area (Å²) >= 11 is 0. The van der Waals surface area contributed by atoms with Gasteiger partial charge in [-0.3, -0.25) is 0 Å². The van der Waals surface area contributed by atoms with Crippen molar-refractivity contribution in [3.8, 4) is 0 Å². The molecule has 0 saturated carbocycles. The first kappa shape index (κ1) is 11.0. The zero-order valence-corrected chi connectivity index (χ0v) is 8.46. The van der Waals surface area contributed by atoms with Gasteiger partial charge in [-0.25, -0.2) is 0 Å². The molecule has 0 spiro atoms. The summed E-state index contributed by atoms with van der Waals surface area (Å²) in [5.41, 5.74) is 2.62. The minimum Gasteiger partial charge on any atom is -0.0758 e. The summed E-state index contributed by atoms with van der Waals surface area (Å²) in [5.74, 6) is 0. The summed E-state index contributed by atoms with van der Waals surface area (Å²) in [6.07, 6.45) is 2.17. The van der Waals surface area contributed by atoms with Crippen molar-refractivity contribution >= 4 is 6.08 Å². The van der Waals surface area contributed by atoms with Crippen LogP contribution in [0.15, 0.2) is 35.9 Å². The van der Waals surface area contributed by atoms with E-state index in [4.69, 9.17) is 0 Å². The van der Waals surface area contributed by atoms with Crippen molar-refractivity contribution in [2.24, 2.45) is 0 Å². The van der Waals surface area contributed by atoms with Crippen LogP contribution < -0.4 is 0 Å². The largest absolute Gasteiger partial charge is 0.0758 e. The molecular weight excluding hydrogens is 144 g/mol. The Hall–Kier alpha value is -1.04. The van der Waals surface area contributed by atoms with Gasteiger partial charge in [0.1, 0.15) is 0 Å². The molecular formula is C12H18. The highest BCUT2D eigenvalue weighted by Gasteiger charge is 1.82. The monoisotopic (exact) mass is 162 g/mol. The van der Waals surface area contributed by atoms with Crippen molar-refractivity contribution in [2.75, 3.05) is 0 Å². The molecule has 12 heavy (non-hydrogen) atoms. The van der Waals surface area contributed by atoms with Crippen LogP contribution in [-0.4, -0.2) is 0 Å². The van der Waals surface area contributed by atoms with E-state index in [0.717, 1.165) is 0 Å². The van der Waals surface area contributed by atoms with Gasteiger partial charge in [-0.1, -0.05) is 55.8 Å². The Morgan fingerprint density at radius 2 is 1.50 bits per heavy atom. The van der Waals surface area contributed by atoms with E-state index < -0.39 is 0 Å². The summed E-state index contributed by atoms with van der Waals surface area (Å²) in [5, 5.41) is 0. The quantitative estimate of drug-likeness (QED) is 0.582. The molecule has 0 fully saturated rings. The van der Waals surface area contributed by atoms with E-state index in [-0.39, 0.29) is 0 Å². The van der Waals surface area contributed by atoms with Crippen LogP contribution in [0.1, 0.15) is 33.3 Å². The van der Waals surface area contributed by atoms with Crippen LogP contribution in [0.25, 0.3) is 6.08 Å². The highest BCUT2D eigenvalue weighted by Crippen LogP contribution is 2.04. The topological polar surface area (TPSA) is 0 Å². The zero-order valence-electron chi connectivity index (χ0n) is 8.46. The van der Waals surface area contributed by atoms with Gasteiger partial charge in [0, 0.05) is 0 Å². The van der Waals surface area contributed by atoms with Crippen LogP contribution >= 0.6 is 0 Å². The lowest BCUT2D eigenvalue weighted by Crippen LogP contribution is -1.69. The maximum absolute atomic E-state index is 2.17. The highest BCUT2D eigenvalue weighted by molar-refractivity contribution is 5.51. The standard InChI is InChI=1S/C10H12.C2H6/c1-9(2)8-10-6-4-3-5-7-10;1-2/h3-8H,1-2H3;1-2H3. The molecule has 1 rings (SSSR count). The maximum atomic E-state index is 2.17. The van der Waals surface area contributed by atoms with E-state index >= 15 is 0 Å². The Kier molecular flexibility index (Phi) is 6.08. The summed E-state index contributed by atoms with van der Waals surface area (Å²) in [4.78, 5) is 0. The van der Waals surface area contributed by atoms with Crippen molar-refractivity contribution in [3.63, 3.8) is 0 Å². The van der Waals surface area contributed by atoms with Gasteiger partial charge >= 0.3 is 0 Å². The molecule has 0 aliphatic rings. The molecule has 0 N–H and O–H groups in total. The minimum atomic E-state index is 1.28. The maximum Gasteiger partial charge on any atom is -0.0257 e. The van der Waals surface area contributed by atoms with Gasteiger partial charge < -0.3 is 0 Å². The number of hydrogen-bond acceptors (Lipinski definition) is 0. The lowest BCUT2D eigenvalue weighted by atomic mass is 10.2. The Balaban J connectivity index is 0.000000561. The van der Waals surface area contributed by atoms with Crippen molar-refractivity contribution in [2.45, 2.75) is 27.7 Å². The van der Waals surface area contributed by atoms with E-state index in [1.165, 1.54) is 11.1 Å². The predicted molar refractivity (Wildman–Crippen MR) is 57.1 cm³/mol. The number of allylic oxidation sites excluding steroid dienone is 1. The Labute approximate surface area is 75.9 Å². The summed E-state index contributed by atoms with van der Waals surface area (Å²) in [7, 11) is 0. The minimum absolute atomic E-state index is 1.28. The van der Waals surface area contributed by atoms with Crippen LogP contribution in [0.2, 0.25) is 0 Å². The van der Waals surface area contributed by atoms with E-state index in [1.54, 1.807) is 0 Å². The van der Waals surface area contributed by atoms with E-state index in [2.05, 4.69) is 44.2 Å². The van der Waals surface area contributed by atoms with Gasteiger partial charge in [0.2, 0.25) is 0 Å². The van der Waals surface area contributed by atoms with Crippen LogP contribution in [0.5, 0.6) is 0 Å². The average molecular weight is 162 g/mol. The van der Waals surface area contributed by atoms with E-state index in [0.29, 0.717) is 0 Å². The fraction of sp³-hybridized carbons (Fsp3) is 0.333. The van der Waals surface area contributed by atoms with E-state index in [1.807, 2.05) is 19.9 Å². The number of hydrogen-bond donors (Lipinski definition) is 0. The molecule has 0 radical (unpaired) electrons. The van der Waals surface area contributed by atoms with Crippen LogP contribution in [-0.2, 0) is 0 Å². The average Bonchev–Trinajstić information content (AvgIpc) is 2.08. The molecule has 0 heteroatoms. The molecule has 0 heterocycles. The predicted octanol–water partition coefficient (Wildman–Crippen LogP) is 4.14. The normalized spacial score (nSPS) is 8.00. The molecule has 1 aromatic carbocycles. The SMILES string of the molecule is CC.CC(C)=Cc1ccccc1. The van der Waals surface area contributed by atoms with Crippen molar-refractivity contribution in [1.82, 2.24) is 0 Å². The lowest BCUT2D eigenvalue weighted by Gasteiger charge is -1.91. The third-order valence-corrected chi connectivity index (χ3v) is 1.25. The molecule has 0 unspecified atom stereocenters. The highest BCUT2D eigenvalue weighted by atomic mass is 13.9. The third-order valence-electron chi connectivity index (χ3n) is 1.25. The van der Waals surface area contributed by atoms with Gasteiger partial charge in [0.25, 0.3) is 0 Å². The smallest absolute Gasteiger partial charge is 0.0257 e. The zero-order chi connectivity index (χ0) is 9.40. The van der Waals surface area contributed by atoms with Gasteiger partial charge in [-0.2, -0.15) is 0 Å². The molecule has 0 amide bonds. The van der Waals surface area contributed by atoms with Crippen molar-refractivity contribution in [3.05, 3.63) is 41.5 Å². The van der Waals surface area contributed by atoms with Crippen LogP contribution in [0.4, 0.5) is 0 Å². The van der Waals surface area contributed by atoms with Crippen LogP contribution in [0, 0.1) is 0 Å². The number of rotatable bonds is 1.